The van der Waals surface area contributed by atoms with Gasteiger partial charge >= 0.3 is 0 Å². The summed E-state index contributed by atoms with van der Waals surface area (Å²) >= 11 is 6.21. The van der Waals surface area contributed by atoms with Gasteiger partial charge in [0.1, 0.15) is 5.69 Å². The van der Waals surface area contributed by atoms with E-state index in [2.05, 4.69) is 5.10 Å². The maximum Gasteiger partial charge on any atom is 0.278 e. The van der Waals surface area contributed by atoms with Crippen molar-refractivity contribution in [1.82, 2.24) is 9.78 Å². The number of nitrogens with zero attached hydrogens (tertiary/aromatic N) is 2. The van der Waals surface area contributed by atoms with Crippen LogP contribution in [0.3, 0.4) is 0 Å². The van der Waals surface area contributed by atoms with Gasteiger partial charge in [0.25, 0.3) is 5.56 Å². The van der Waals surface area contributed by atoms with E-state index < -0.39 is 0 Å². The topological polar surface area (TPSA) is 55.1 Å². The minimum absolute atomic E-state index is 0. The number of aryl methyl sites for hydroxylation is 4. The first-order valence-corrected chi connectivity index (χ1v) is 10.0. The zero-order chi connectivity index (χ0) is 20.7. The van der Waals surface area contributed by atoms with Crippen molar-refractivity contribution >= 4 is 11.6 Å². The Labute approximate surface area is 210 Å². The molecule has 0 aliphatic rings. The van der Waals surface area contributed by atoms with Gasteiger partial charge in [-0.1, -0.05) is 74.8 Å². The summed E-state index contributed by atoms with van der Waals surface area (Å²) in [6, 6.07) is 15.1. The summed E-state index contributed by atoms with van der Waals surface area (Å²) in [5, 5.41) is 15.6. The average molecular weight is 503 g/mol. The molecule has 0 bridgehead atoms. The first-order valence-electron chi connectivity index (χ1n) is 9.65. The van der Waals surface area contributed by atoms with E-state index >= 15 is 0 Å². The summed E-state index contributed by atoms with van der Waals surface area (Å²) in [5.74, 6) is -0.0270. The molecule has 1 heterocycles. The Balaban J connectivity index is 0.00000204. The number of halogens is 1. The smallest absolute Gasteiger partial charge is 0.278 e. The van der Waals surface area contributed by atoms with E-state index in [0.29, 0.717) is 35.7 Å². The van der Waals surface area contributed by atoms with Gasteiger partial charge in [-0.05, 0) is 42.5 Å². The molecule has 0 atom stereocenters. The molecule has 0 fully saturated rings. The van der Waals surface area contributed by atoms with Crippen molar-refractivity contribution in [3.05, 3.63) is 88.2 Å². The molecule has 0 aliphatic carbocycles. The van der Waals surface area contributed by atoms with Gasteiger partial charge in [0.05, 0.1) is 5.56 Å². The first kappa shape index (κ1) is 28.5. The fourth-order valence-electron chi connectivity index (χ4n) is 3.03. The second-order valence-corrected chi connectivity index (χ2v) is 6.62. The molecule has 1 aromatic heterocycles. The monoisotopic (exact) mass is 502 g/mol. The van der Waals surface area contributed by atoms with Crippen LogP contribution in [-0.4, -0.2) is 14.9 Å². The fourth-order valence-corrected chi connectivity index (χ4v) is 3.26. The van der Waals surface area contributed by atoms with Crippen LogP contribution in [-0.2, 0) is 52.1 Å². The molecule has 159 valence electrons. The number of benzene rings is 2. The van der Waals surface area contributed by atoms with Gasteiger partial charge in [-0.15, -0.1) is 0 Å². The fraction of sp³-hybridized carbons (Fsp3) is 0.292. The molecule has 1 N–H and O–H groups in total. The van der Waals surface area contributed by atoms with Gasteiger partial charge in [-0.3, -0.25) is 4.79 Å². The van der Waals surface area contributed by atoms with Crippen molar-refractivity contribution in [1.29, 1.82) is 0 Å². The minimum atomic E-state index is -0.291. The molecule has 0 spiro atoms. The van der Waals surface area contributed by atoms with Crippen molar-refractivity contribution in [2.75, 3.05) is 0 Å². The van der Waals surface area contributed by atoms with Crippen LogP contribution in [0.5, 0.6) is 5.75 Å². The SMILES string of the molecule is CC.CCc1nn(CCc2ccccc2Cl)c(=O)c(-c2ccccc2C)c1O.[CH3-].[Y]. The van der Waals surface area contributed by atoms with Gasteiger partial charge in [-0.25, -0.2) is 4.68 Å². The summed E-state index contributed by atoms with van der Waals surface area (Å²) in [6.45, 7) is 8.23. The quantitative estimate of drug-likeness (QED) is 0.445. The van der Waals surface area contributed by atoms with Crippen LogP contribution in [0.15, 0.2) is 53.3 Å². The van der Waals surface area contributed by atoms with Gasteiger partial charge in [0, 0.05) is 44.3 Å². The number of hydrogen-bond acceptors (Lipinski definition) is 3. The van der Waals surface area contributed by atoms with Crippen molar-refractivity contribution in [2.24, 2.45) is 0 Å². The standard InChI is InChI=1S/C21H21ClN2O2.C2H6.CH3.Y/c1-3-18-20(25)19(16-10-6-4-8-14(16)2)21(26)24(23-18)13-12-15-9-5-7-11-17(15)22;1-2;;/h4-11,25H,3,12-13H2,1-2H3;1-2H3;1H3;/q;;-1;. The van der Waals surface area contributed by atoms with Crippen molar-refractivity contribution in [3.63, 3.8) is 0 Å². The third-order valence-electron chi connectivity index (χ3n) is 4.50. The summed E-state index contributed by atoms with van der Waals surface area (Å²) < 4.78 is 1.43. The largest absolute Gasteiger partial charge is 0.505 e. The number of rotatable bonds is 5. The van der Waals surface area contributed by atoms with E-state index in [4.69, 9.17) is 11.6 Å². The first-order chi connectivity index (χ1) is 13.5. The van der Waals surface area contributed by atoms with Gasteiger partial charge < -0.3 is 12.5 Å². The van der Waals surface area contributed by atoms with Crippen LogP contribution >= 0.6 is 11.6 Å². The van der Waals surface area contributed by atoms with E-state index in [1.807, 2.05) is 76.2 Å². The number of aromatic nitrogens is 2. The summed E-state index contributed by atoms with van der Waals surface area (Å²) in [4.78, 5) is 13.0. The van der Waals surface area contributed by atoms with E-state index in [1.54, 1.807) is 0 Å². The third kappa shape index (κ3) is 6.50. The second kappa shape index (κ2) is 13.7. The van der Waals surface area contributed by atoms with Gasteiger partial charge in [0.15, 0.2) is 5.75 Å². The minimum Gasteiger partial charge on any atom is -0.505 e. The zero-order valence-electron chi connectivity index (χ0n) is 18.4. The van der Waals surface area contributed by atoms with E-state index in [-0.39, 0.29) is 51.4 Å². The van der Waals surface area contributed by atoms with E-state index in [9.17, 15) is 9.90 Å². The van der Waals surface area contributed by atoms with E-state index in [1.165, 1.54) is 4.68 Å². The molecular formula is C24H30ClN2O2Y-. The summed E-state index contributed by atoms with van der Waals surface area (Å²) in [7, 11) is 0. The van der Waals surface area contributed by atoms with Crippen LogP contribution in [0, 0.1) is 14.4 Å². The molecule has 4 nitrogen and oxygen atoms in total. The molecular weight excluding hydrogens is 473 g/mol. The van der Waals surface area contributed by atoms with Crippen LogP contribution in [0.4, 0.5) is 0 Å². The normalized spacial score (nSPS) is 9.63. The van der Waals surface area contributed by atoms with Crippen molar-refractivity contribution in [2.45, 2.75) is 47.1 Å². The van der Waals surface area contributed by atoms with Crippen LogP contribution in [0.1, 0.15) is 37.6 Å². The molecule has 0 amide bonds. The average Bonchev–Trinajstić information content (AvgIpc) is 2.71. The molecule has 0 saturated carbocycles. The molecule has 3 rings (SSSR count). The van der Waals surface area contributed by atoms with Crippen molar-refractivity contribution < 1.29 is 37.8 Å². The molecule has 3 aromatic rings. The van der Waals surface area contributed by atoms with Crippen LogP contribution in [0.2, 0.25) is 5.02 Å². The predicted octanol–water partition coefficient (Wildman–Crippen LogP) is 5.86. The second-order valence-electron chi connectivity index (χ2n) is 6.21. The summed E-state index contributed by atoms with van der Waals surface area (Å²) in [6.07, 6.45) is 1.13. The Morgan fingerprint density at radius 3 is 2.27 bits per heavy atom. The molecule has 0 aliphatic heterocycles. The van der Waals surface area contributed by atoms with Crippen LogP contribution < -0.4 is 5.56 Å². The number of aromatic hydroxyl groups is 1. The molecule has 0 unspecified atom stereocenters. The zero-order valence-corrected chi connectivity index (χ0v) is 22.0. The van der Waals surface area contributed by atoms with Gasteiger partial charge in [-0.2, -0.15) is 5.10 Å². The Morgan fingerprint density at radius 2 is 1.67 bits per heavy atom. The van der Waals surface area contributed by atoms with Crippen molar-refractivity contribution in [3.8, 4) is 16.9 Å². The van der Waals surface area contributed by atoms with Gasteiger partial charge in [0.2, 0.25) is 0 Å². The maximum absolute atomic E-state index is 13.0. The Bertz CT molecular complexity index is 1000. The molecule has 30 heavy (non-hydrogen) atoms. The van der Waals surface area contributed by atoms with E-state index in [0.717, 1.165) is 16.7 Å². The molecule has 2 aromatic carbocycles. The summed E-state index contributed by atoms with van der Waals surface area (Å²) in [5.41, 5.74) is 3.17. The molecule has 0 saturated heterocycles. The number of hydrogen-bond donors (Lipinski definition) is 1. The third-order valence-corrected chi connectivity index (χ3v) is 4.87. The Morgan fingerprint density at radius 1 is 1.07 bits per heavy atom. The molecule has 6 heteroatoms. The Kier molecular flexibility index (Phi) is 13.1. The molecule has 1 radical (unpaired) electrons. The predicted molar refractivity (Wildman–Crippen MR) is 123 cm³/mol. The Hall–Kier alpha value is -1.49. The maximum atomic E-state index is 13.0. The van der Waals surface area contributed by atoms with Crippen LogP contribution in [0.25, 0.3) is 11.1 Å².